The summed E-state index contributed by atoms with van der Waals surface area (Å²) in [6.45, 7) is 4.80. The molecule has 3 heterocycles. The Labute approximate surface area is 147 Å². The first-order valence-electron chi connectivity index (χ1n) is 8.63. The summed E-state index contributed by atoms with van der Waals surface area (Å²) in [5, 5.41) is 6.27. The Morgan fingerprint density at radius 3 is 3.08 bits per heavy atom. The zero-order chi connectivity index (χ0) is 17.5. The van der Waals surface area contributed by atoms with Crippen molar-refractivity contribution in [2.75, 3.05) is 19.6 Å². The average molecular weight is 343 g/mol. The Balaban J connectivity index is 1.34. The summed E-state index contributed by atoms with van der Waals surface area (Å²) >= 11 is 0. The highest BCUT2D eigenvalue weighted by molar-refractivity contribution is 5.76. The van der Waals surface area contributed by atoms with Crippen LogP contribution >= 0.6 is 0 Å². The van der Waals surface area contributed by atoms with Crippen LogP contribution in [-0.4, -0.2) is 30.5 Å². The third kappa shape index (κ3) is 5.12. The molecule has 1 amide bonds. The molecule has 25 heavy (non-hydrogen) atoms. The lowest BCUT2D eigenvalue weighted by molar-refractivity contribution is -0.121. The van der Waals surface area contributed by atoms with Gasteiger partial charge >= 0.3 is 0 Å². The van der Waals surface area contributed by atoms with Crippen molar-refractivity contribution in [1.29, 1.82) is 0 Å². The van der Waals surface area contributed by atoms with E-state index >= 15 is 0 Å². The van der Waals surface area contributed by atoms with E-state index in [9.17, 15) is 4.79 Å². The number of rotatable bonds is 8. The van der Waals surface area contributed by atoms with Crippen molar-refractivity contribution in [2.45, 2.75) is 25.9 Å². The van der Waals surface area contributed by atoms with Crippen LogP contribution in [0.25, 0.3) is 0 Å². The summed E-state index contributed by atoms with van der Waals surface area (Å²) in [6.07, 6.45) is 3.94. The van der Waals surface area contributed by atoms with Crippen molar-refractivity contribution in [3.63, 3.8) is 0 Å². The van der Waals surface area contributed by atoms with Gasteiger partial charge in [0.05, 0.1) is 6.04 Å². The molecule has 2 unspecified atom stereocenters. The molecule has 0 aromatic carbocycles. The second-order valence-electron chi connectivity index (χ2n) is 6.30. The van der Waals surface area contributed by atoms with Crippen molar-refractivity contribution in [2.24, 2.45) is 5.92 Å². The molecule has 2 atom stereocenters. The number of carbonyl (C=O) groups is 1. The number of aromatic nitrogens is 1. The number of nitrogens with zero attached hydrogens (tertiary/aromatic N) is 1. The van der Waals surface area contributed by atoms with Gasteiger partial charge in [0.15, 0.2) is 0 Å². The number of nitrogens with one attached hydrogen (secondary N) is 4. The lowest BCUT2D eigenvalue weighted by Gasteiger charge is -2.17. The summed E-state index contributed by atoms with van der Waals surface area (Å²) < 4.78 is 5.72. The van der Waals surface area contributed by atoms with Crippen molar-refractivity contribution >= 4 is 5.91 Å². The van der Waals surface area contributed by atoms with Gasteiger partial charge in [-0.3, -0.25) is 15.2 Å². The molecule has 0 aliphatic carbocycles. The standard InChI is InChI=1S/C18H25N5O2/c1-13-4-5-16(25-13)18-15(12-22-23-18)11-20-8-6-17(24)21-10-14-3-2-7-19-9-14/h2-5,7,9,15,18,20,22-23H,6,8,10-12H2,1H3,(H,21,24). The molecule has 4 N–H and O–H groups in total. The third-order valence-electron chi connectivity index (χ3n) is 4.31. The van der Waals surface area contributed by atoms with Crippen LogP contribution in [0.2, 0.25) is 0 Å². The Kier molecular flexibility index (Phi) is 6.16. The Morgan fingerprint density at radius 2 is 2.32 bits per heavy atom. The van der Waals surface area contributed by atoms with Crippen LogP contribution in [-0.2, 0) is 11.3 Å². The first kappa shape index (κ1) is 17.6. The lowest BCUT2D eigenvalue weighted by atomic mass is 10.00. The second kappa shape index (κ2) is 8.75. The zero-order valence-electron chi connectivity index (χ0n) is 14.4. The number of hydrogen-bond donors (Lipinski definition) is 4. The molecule has 2 aromatic rings. The molecule has 1 aliphatic heterocycles. The smallest absolute Gasteiger partial charge is 0.221 e. The fraction of sp³-hybridized carbons (Fsp3) is 0.444. The van der Waals surface area contributed by atoms with Crippen molar-refractivity contribution in [3.8, 4) is 0 Å². The number of hydrazine groups is 1. The first-order chi connectivity index (χ1) is 12.2. The van der Waals surface area contributed by atoms with E-state index in [2.05, 4.69) is 26.5 Å². The molecule has 7 nitrogen and oxygen atoms in total. The molecule has 134 valence electrons. The molecule has 1 saturated heterocycles. The van der Waals surface area contributed by atoms with Gasteiger partial charge in [-0.1, -0.05) is 6.07 Å². The van der Waals surface area contributed by atoms with E-state index in [1.165, 1.54) is 0 Å². The Morgan fingerprint density at radius 1 is 1.40 bits per heavy atom. The molecule has 1 fully saturated rings. The van der Waals surface area contributed by atoms with E-state index in [4.69, 9.17) is 4.42 Å². The molecule has 0 spiro atoms. The second-order valence-corrected chi connectivity index (χ2v) is 6.30. The van der Waals surface area contributed by atoms with E-state index in [1.807, 2.05) is 31.2 Å². The number of amides is 1. The van der Waals surface area contributed by atoms with Crippen LogP contribution in [0.4, 0.5) is 0 Å². The summed E-state index contributed by atoms with van der Waals surface area (Å²) in [6, 6.07) is 7.96. The van der Waals surface area contributed by atoms with Gasteiger partial charge < -0.3 is 15.1 Å². The maximum Gasteiger partial charge on any atom is 0.221 e. The SMILES string of the molecule is Cc1ccc(C2NNCC2CNCCC(=O)NCc2cccnc2)o1. The van der Waals surface area contributed by atoms with Gasteiger partial charge in [-0.2, -0.15) is 0 Å². The van der Waals surface area contributed by atoms with Gasteiger partial charge in [-0.25, -0.2) is 5.43 Å². The van der Waals surface area contributed by atoms with Crippen molar-refractivity contribution in [1.82, 2.24) is 26.5 Å². The molecule has 0 saturated carbocycles. The van der Waals surface area contributed by atoms with Crippen LogP contribution < -0.4 is 21.5 Å². The highest BCUT2D eigenvalue weighted by atomic mass is 16.3. The van der Waals surface area contributed by atoms with Crippen LogP contribution in [0.1, 0.15) is 29.5 Å². The maximum absolute atomic E-state index is 11.9. The highest BCUT2D eigenvalue weighted by Crippen LogP contribution is 2.25. The molecule has 3 rings (SSSR count). The molecule has 1 aliphatic rings. The summed E-state index contributed by atoms with van der Waals surface area (Å²) in [4.78, 5) is 15.9. The predicted molar refractivity (Wildman–Crippen MR) is 94.4 cm³/mol. The number of pyridine rings is 1. The van der Waals surface area contributed by atoms with E-state index in [1.54, 1.807) is 12.4 Å². The van der Waals surface area contributed by atoms with Gasteiger partial charge in [0.25, 0.3) is 0 Å². The van der Waals surface area contributed by atoms with Crippen molar-refractivity contribution < 1.29 is 9.21 Å². The summed E-state index contributed by atoms with van der Waals surface area (Å²) in [5.41, 5.74) is 7.44. The highest BCUT2D eigenvalue weighted by Gasteiger charge is 2.30. The quantitative estimate of drug-likeness (QED) is 0.536. The van der Waals surface area contributed by atoms with Crippen LogP contribution in [0, 0.1) is 12.8 Å². The first-order valence-corrected chi connectivity index (χ1v) is 8.63. The molecule has 0 bridgehead atoms. The predicted octanol–water partition coefficient (Wildman–Crippen LogP) is 1.04. The van der Waals surface area contributed by atoms with Crippen LogP contribution in [0.3, 0.4) is 0 Å². The molecular weight excluding hydrogens is 318 g/mol. The Hall–Kier alpha value is -2.22. The number of aryl methyl sites for hydroxylation is 1. The fourth-order valence-corrected chi connectivity index (χ4v) is 2.93. The largest absolute Gasteiger partial charge is 0.465 e. The minimum absolute atomic E-state index is 0.0391. The van der Waals surface area contributed by atoms with E-state index in [0.717, 1.165) is 30.2 Å². The summed E-state index contributed by atoms with van der Waals surface area (Å²) in [7, 11) is 0. The minimum atomic E-state index is 0.0391. The van der Waals surface area contributed by atoms with Crippen LogP contribution in [0.15, 0.2) is 41.1 Å². The minimum Gasteiger partial charge on any atom is -0.465 e. The van der Waals surface area contributed by atoms with Gasteiger partial charge in [-0.05, 0) is 30.7 Å². The molecule has 2 aromatic heterocycles. The van der Waals surface area contributed by atoms with Crippen molar-refractivity contribution in [3.05, 3.63) is 53.7 Å². The van der Waals surface area contributed by atoms with Gasteiger partial charge in [-0.15, -0.1) is 0 Å². The maximum atomic E-state index is 11.9. The number of hydrogen-bond acceptors (Lipinski definition) is 6. The van der Waals surface area contributed by atoms with E-state index in [-0.39, 0.29) is 11.9 Å². The topological polar surface area (TPSA) is 91.2 Å². The van der Waals surface area contributed by atoms with E-state index < -0.39 is 0 Å². The fourth-order valence-electron chi connectivity index (χ4n) is 2.93. The third-order valence-corrected chi connectivity index (χ3v) is 4.31. The number of carbonyl (C=O) groups excluding carboxylic acids is 1. The number of furan rings is 1. The molecular formula is C18H25N5O2. The normalized spacial score (nSPS) is 19.9. The molecule has 7 heteroatoms. The van der Waals surface area contributed by atoms with Gasteiger partial charge in [0.1, 0.15) is 11.5 Å². The van der Waals surface area contributed by atoms with Gasteiger partial charge in [0.2, 0.25) is 5.91 Å². The monoisotopic (exact) mass is 343 g/mol. The average Bonchev–Trinajstić information content (AvgIpc) is 3.26. The van der Waals surface area contributed by atoms with Gasteiger partial charge in [0, 0.05) is 50.9 Å². The Bertz CT molecular complexity index is 673. The summed E-state index contributed by atoms with van der Waals surface area (Å²) in [5.74, 6) is 2.28. The molecule has 0 radical (unpaired) electrons. The lowest BCUT2D eigenvalue weighted by Crippen LogP contribution is -2.32. The van der Waals surface area contributed by atoms with E-state index in [0.29, 0.717) is 25.4 Å². The van der Waals surface area contributed by atoms with Crippen LogP contribution in [0.5, 0.6) is 0 Å². The zero-order valence-corrected chi connectivity index (χ0v) is 14.4.